The van der Waals surface area contributed by atoms with E-state index in [1.165, 1.54) is 0 Å². The van der Waals surface area contributed by atoms with Gasteiger partial charge in [-0.2, -0.15) is 5.10 Å². The Morgan fingerprint density at radius 2 is 2.00 bits per heavy atom. The topological polar surface area (TPSA) is 77.7 Å². The molecule has 1 aliphatic rings. The normalized spacial score (nSPS) is 14.9. The highest BCUT2D eigenvalue weighted by Crippen LogP contribution is 2.33. The maximum absolute atomic E-state index is 13.3. The maximum atomic E-state index is 13.3. The minimum atomic E-state index is -0.350. The second kappa shape index (κ2) is 11.1. The van der Waals surface area contributed by atoms with E-state index in [0.717, 1.165) is 50.0 Å². The first kappa shape index (κ1) is 24.2. The van der Waals surface area contributed by atoms with Crippen molar-refractivity contribution in [2.24, 2.45) is 10.9 Å². The van der Waals surface area contributed by atoms with E-state index in [9.17, 15) is 4.79 Å². The molecule has 2 heterocycles. The average Bonchev–Trinajstić information content (AvgIpc) is 3.17. The minimum absolute atomic E-state index is 0.0906. The molecular formula is C28H27BrN4O3. The molecule has 0 saturated heterocycles. The molecule has 8 heteroatoms. The van der Waals surface area contributed by atoms with E-state index in [2.05, 4.69) is 43.5 Å². The van der Waals surface area contributed by atoms with Crippen molar-refractivity contribution >= 4 is 50.3 Å². The minimum Gasteiger partial charge on any atom is -0.491 e. The highest BCUT2D eigenvalue weighted by Gasteiger charge is 2.22. The van der Waals surface area contributed by atoms with Crippen molar-refractivity contribution in [3.05, 3.63) is 82.5 Å². The number of aliphatic imine (C=N–C) groups is 1. The molecule has 184 valence electrons. The number of amides is 1. The molecule has 36 heavy (non-hydrogen) atoms. The van der Waals surface area contributed by atoms with Gasteiger partial charge in [-0.05, 0) is 58.1 Å². The molecule has 1 N–H and O–H groups in total. The second-order valence-electron chi connectivity index (χ2n) is 8.69. The summed E-state index contributed by atoms with van der Waals surface area (Å²) in [6, 6.07) is 20.0. The molecule has 1 aromatic heterocycles. The Hall–Kier alpha value is -3.49. The van der Waals surface area contributed by atoms with Gasteiger partial charge in [0, 0.05) is 29.2 Å². The highest BCUT2D eigenvalue weighted by molar-refractivity contribution is 9.10. The monoisotopic (exact) mass is 546 g/mol. The van der Waals surface area contributed by atoms with Crippen LogP contribution in [-0.4, -0.2) is 42.2 Å². The van der Waals surface area contributed by atoms with Gasteiger partial charge in [-0.3, -0.25) is 14.5 Å². The van der Waals surface area contributed by atoms with E-state index in [4.69, 9.17) is 9.47 Å². The fourth-order valence-corrected chi connectivity index (χ4v) is 4.76. The van der Waals surface area contributed by atoms with Crippen LogP contribution in [0.15, 0.2) is 76.3 Å². The first-order valence-electron chi connectivity index (χ1n) is 11.9. The number of carbonyl (C=O) groups is 1. The van der Waals surface area contributed by atoms with E-state index >= 15 is 0 Å². The lowest BCUT2D eigenvalue weighted by Gasteiger charge is -2.14. The quantitative estimate of drug-likeness (QED) is 0.284. The number of methoxy groups -OCH3 is 1. The molecule has 1 aliphatic heterocycles. The lowest BCUT2D eigenvalue weighted by molar-refractivity contribution is -0.118. The molecule has 3 aromatic carbocycles. The number of halogens is 1. The highest BCUT2D eigenvalue weighted by atomic mass is 79.9. The van der Waals surface area contributed by atoms with Crippen LogP contribution >= 0.6 is 15.9 Å². The van der Waals surface area contributed by atoms with Crippen molar-refractivity contribution in [1.82, 2.24) is 9.78 Å². The summed E-state index contributed by atoms with van der Waals surface area (Å²) in [5.74, 6) is 0.304. The Kier molecular flexibility index (Phi) is 7.44. The number of aryl methyl sites for hydroxylation is 1. The van der Waals surface area contributed by atoms with Crippen LogP contribution < -0.4 is 10.1 Å². The number of rotatable bonds is 8. The Morgan fingerprint density at radius 3 is 2.83 bits per heavy atom. The van der Waals surface area contributed by atoms with Crippen LogP contribution in [0.1, 0.15) is 17.5 Å². The van der Waals surface area contributed by atoms with Crippen molar-refractivity contribution in [3.63, 3.8) is 0 Å². The van der Waals surface area contributed by atoms with Gasteiger partial charge in [0.05, 0.1) is 42.2 Å². The second-order valence-corrected chi connectivity index (χ2v) is 9.54. The molecule has 0 fully saturated rings. The number of anilines is 1. The average molecular weight is 547 g/mol. The number of ether oxygens (including phenoxy) is 2. The van der Waals surface area contributed by atoms with Gasteiger partial charge in [0.2, 0.25) is 5.91 Å². The summed E-state index contributed by atoms with van der Waals surface area (Å²) in [4.78, 5) is 17.9. The van der Waals surface area contributed by atoms with Gasteiger partial charge < -0.3 is 14.8 Å². The molecule has 0 bridgehead atoms. The van der Waals surface area contributed by atoms with Gasteiger partial charge in [0.25, 0.3) is 0 Å². The van der Waals surface area contributed by atoms with Gasteiger partial charge in [0.1, 0.15) is 12.4 Å². The lowest BCUT2D eigenvalue weighted by atomic mass is 10.00. The zero-order valence-corrected chi connectivity index (χ0v) is 21.6. The number of fused-ring (bicyclic) bond motifs is 2. The zero-order chi connectivity index (χ0) is 24.9. The van der Waals surface area contributed by atoms with Gasteiger partial charge >= 0.3 is 0 Å². The Bertz CT molecular complexity index is 1400. The number of hydrogen-bond donors (Lipinski definition) is 1. The summed E-state index contributed by atoms with van der Waals surface area (Å²) in [5.41, 5.74) is 4.79. The van der Waals surface area contributed by atoms with Gasteiger partial charge in [-0.1, -0.05) is 36.4 Å². The number of nitrogens with one attached hydrogen (secondary N) is 1. The van der Waals surface area contributed by atoms with Crippen LogP contribution in [0, 0.1) is 5.92 Å². The SMILES string of the molecule is COCCOc1ccc2c(c1)N=CC(C(=O)Nc1c(Br)ccc3c1cnn3Cc1ccccc1)CC2. The molecule has 7 nitrogen and oxygen atoms in total. The zero-order valence-electron chi connectivity index (χ0n) is 20.0. The van der Waals surface area contributed by atoms with Crippen molar-refractivity contribution in [3.8, 4) is 5.75 Å². The summed E-state index contributed by atoms with van der Waals surface area (Å²) < 4.78 is 13.5. The molecule has 1 amide bonds. The summed E-state index contributed by atoms with van der Waals surface area (Å²) in [6.45, 7) is 1.66. The third-order valence-electron chi connectivity index (χ3n) is 6.27. The molecule has 0 radical (unpaired) electrons. The summed E-state index contributed by atoms with van der Waals surface area (Å²) >= 11 is 3.61. The van der Waals surface area contributed by atoms with Gasteiger partial charge in [-0.25, -0.2) is 0 Å². The first-order chi connectivity index (χ1) is 17.6. The van der Waals surface area contributed by atoms with Crippen molar-refractivity contribution < 1.29 is 14.3 Å². The fourth-order valence-electron chi connectivity index (χ4n) is 4.32. The molecule has 1 unspecified atom stereocenters. The fraction of sp³-hybridized carbons (Fsp3) is 0.250. The molecule has 5 rings (SSSR count). The van der Waals surface area contributed by atoms with E-state index < -0.39 is 0 Å². The summed E-state index contributed by atoms with van der Waals surface area (Å²) in [6.07, 6.45) is 4.98. The third kappa shape index (κ3) is 5.34. The van der Waals surface area contributed by atoms with Gasteiger partial charge in [0.15, 0.2) is 0 Å². The molecule has 1 atom stereocenters. The van der Waals surface area contributed by atoms with Crippen molar-refractivity contribution in [2.45, 2.75) is 19.4 Å². The molecule has 0 saturated carbocycles. The van der Waals surface area contributed by atoms with Crippen molar-refractivity contribution in [1.29, 1.82) is 0 Å². The molecule has 0 aliphatic carbocycles. The number of benzene rings is 3. The lowest BCUT2D eigenvalue weighted by Crippen LogP contribution is -2.24. The van der Waals surface area contributed by atoms with Crippen LogP contribution in [0.2, 0.25) is 0 Å². The van der Waals surface area contributed by atoms with Crippen LogP contribution in [-0.2, 0) is 22.5 Å². The number of hydrogen-bond acceptors (Lipinski definition) is 5. The molecular weight excluding hydrogens is 520 g/mol. The maximum Gasteiger partial charge on any atom is 0.232 e. The van der Waals surface area contributed by atoms with Crippen LogP contribution in [0.3, 0.4) is 0 Å². The smallest absolute Gasteiger partial charge is 0.232 e. The summed E-state index contributed by atoms with van der Waals surface area (Å²) in [5, 5.41) is 8.61. The largest absolute Gasteiger partial charge is 0.491 e. The van der Waals surface area contributed by atoms with Gasteiger partial charge in [-0.15, -0.1) is 0 Å². The number of aromatic nitrogens is 2. The number of nitrogens with zero attached hydrogens (tertiary/aromatic N) is 3. The third-order valence-corrected chi connectivity index (χ3v) is 6.93. The Balaban J connectivity index is 1.33. The van der Waals surface area contributed by atoms with E-state index in [1.54, 1.807) is 19.5 Å². The van der Waals surface area contributed by atoms with E-state index in [1.807, 2.05) is 53.2 Å². The van der Waals surface area contributed by atoms with Crippen LogP contribution in [0.25, 0.3) is 10.9 Å². The Morgan fingerprint density at radius 1 is 1.14 bits per heavy atom. The number of carbonyl (C=O) groups excluding carboxylic acids is 1. The van der Waals surface area contributed by atoms with Crippen LogP contribution in [0.5, 0.6) is 5.75 Å². The predicted molar refractivity (Wildman–Crippen MR) is 145 cm³/mol. The van der Waals surface area contributed by atoms with Crippen molar-refractivity contribution in [2.75, 3.05) is 25.6 Å². The van der Waals surface area contributed by atoms with Crippen LogP contribution in [0.4, 0.5) is 11.4 Å². The molecule has 0 spiro atoms. The van der Waals surface area contributed by atoms with E-state index in [0.29, 0.717) is 26.2 Å². The Labute approximate surface area is 218 Å². The molecule has 4 aromatic rings. The predicted octanol–water partition coefficient (Wildman–Crippen LogP) is 5.78. The standard InChI is InChI=1S/C28H27BrN4O3/c1-35-13-14-36-22-10-9-20-7-8-21(16-30-25(20)15-22)28(34)32-27-23-17-31-33(26(23)12-11-24(27)29)18-19-5-3-2-4-6-19/h2-6,9-12,15-17,21H,7-8,13-14,18H2,1H3,(H,32,34). The summed E-state index contributed by atoms with van der Waals surface area (Å²) in [7, 11) is 1.64. The first-order valence-corrected chi connectivity index (χ1v) is 12.7. The van der Waals surface area contributed by atoms with E-state index in [-0.39, 0.29) is 11.8 Å².